The molecule has 1 aromatic carbocycles. The molecule has 106 valence electrons. The Balaban J connectivity index is 1.87. The van der Waals surface area contributed by atoms with Crippen LogP contribution in [0.1, 0.15) is 43.7 Å². The average Bonchev–Trinajstić information content (AvgIpc) is 2.71. The molecule has 1 N–H and O–H groups in total. The number of anilines is 1. The second-order valence-electron chi connectivity index (χ2n) is 6.13. The van der Waals surface area contributed by atoms with Crippen LogP contribution in [0.3, 0.4) is 0 Å². The summed E-state index contributed by atoms with van der Waals surface area (Å²) in [5, 5.41) is 12.7. The fourth-order valence-corrected chi connectivity index (χ4v) is 3.98. The zero-order valence-corrected chi connectivity index (χ0v) is 12.4. The number of fused-ring (bicyclic) bond motifs is 2. The van der Waals surface area contributed by atoms with Gasteiger partial charge in [-0.05, 0) is 56.8 Å². The van der Waals surface area contributed by atoms with Crippen molar-refractivity contribution in [3.8, 4) is 6.07 Å². The van der Waals surface area contributed by atoms with Crippen molar-refractivity contribution < 1.29 is 0 Å². The van der Waals surface area contributed by atoms with Crippen molar-refractivity contribution in [1.82, 2.24) is 5.32 Å². The van der Waals surface area contributed by atoms with E-state index < -0.39 is 0 Å². The lowest BCUT2D eigenvalue weighted by atomic mass is 9.95. The van der Waals surface area contributed by atoms with Crippen LogP contribution in [-0.2, 0) is 0 Å². The molecule has 2 saturated heterocycles. The summed E-state index contributed by atoms with van der Waals surface area (Å²) >= 11 is 0. The Kier molecular flexibility index (Phi) is 3.67. The predicted molar refractivity (Wildman–Crippen MR) is 81.9 cm³/mol. The second-order valence-corrected chi connectivity index (χ2v) is 6.13. The van der Waals surface area contributed by atoms with E-state index in [1.54, 1.807) is 0 Å². The Morgan fingerprint density at radius 3 is 2.60 bits per heavy atom. The maximum atomic E-state index is 9.13. The SMILES string of the molecule is CCNC1CC2CCC(C1)N2c1cc(C#N)ccc1C. The van der Waals surface area contributed by atoms with E-state index in [1.165, 1.54) is 36.9 Å². The number of nitriles is 1. The molecule has 2 unspecified atom stereocenters. The summed E-state index contributed by atoms with van der Waals surface area (Å²) in [6.07, 6.45) is 5.06. The van der Waals surface area contributed by atoms with Crippen LogP contribution in [0.25, 0.3) is 0 Å². The molecule has 0 radical (unpaired) electrons. The van der Waals surface area contributed by atoms with Gasteiger partial charge in [-0.25, -0.2) is 0 Å². The van der Waals surface area contributed by atoms with E-state index in [9.17, 15) is 0 Å². The molecule has 0 aromatic heterocycles. The lowest BCUT2D eigenvalue weighted by Gasteiger charge is -2.41. The number of hydrogen-bond donors (Lipinski definition) is 1. The van der Waals surface area contributed by atoms with Crippen molar-refractivity contribution in [2.75, 3.05) is 11.4 Å². The molecule has 1 aromatic rings. The maximum Gasteiger partial charge on any atom is 0.0992 e. The van der Waals surface area contributed by atoms with Gasteiger partial charge in [0.05, 0.1) is 11.6 Å². The first-order valence-electron chi connectivity index (χ1n) is 7.75. The summed E-state index contributed by atoms with van der Waals surface area (Å²) in [6.45, 7) is 5.41. The van der Waals surface area contributed by atoms with Crippen LogP contribution in [0.4, 0.5) is 5.69 Å². The van der Waals surface area contributed by atoms with Crippen molar-refractivity contribution in [2.45, 2.75) is 57.7 Å². The molecule has 0 spiro atoms. The van der Waals surface area contributed by atoms with E-state index in [4.69, 9.17) is 5.26 Å². The zero-order valence-electron chi connectivity index (χ0n) is 12.4. The maximum absolute atomic E-state index is 9.13. The highest BCUT2D eigenvalue weighted by Crippen LogP contribution is 2.40. The number of nitrogens with zero attached hydrogens (tertiary/aromatic N) is 2. The number of rotatable bonds is 3. The molecule has 3 heteroatoms. The van der Waals surface area contributed by atoms with E-state index in [0.29, 0.717) is 18.1 Å². The number of benzene rings is 1. The molecular weight excluding hydrogens is 246 g/mol. The van der Waals surface area contributed by atoms with Crippen LogP contribution >= 0.6 is 0 Å². The topological polar surface area (TPSA) is 39.1 Å². The largest absolute Gasteiger partial charge is 0.365 e. The van der Waals surface area contributed by atoms with Crippen LogP contribution in [0, 0.1) is 18.3 Å². The van der Waals surface area contributed by atoms with Gasteiger partial charge in [-0.15, -0.1) is 0 Å². The molecule has 2 heterocycles. The molecule has 0 saturated carbocycles. The van der Waals surface area contributed by atoms with Gasteiger partial charge in [0.15, 0.2) is 0 Å². The second kappa shape index (κ2) is 5.46. The van der Waals surface area contributed by atoms with Crippen LogP contribution in [0.5, 0.6) is 0 Å². The van der Waals surface area contributed by atoms with E-state index in [0.717, 1.165) is 12.1 Å². The average molecular weight is 269 g/mol. The third-order valence-electron chi connectivity index (χ3n) is 4.84. The number of piperidine rings is 1. The smallest absolute Gasteiger partial charge is 0.0992 e. The van der Waals surface area contributed by atoms with Crippen LogP contribution < -0.4 is 10.2 Å². The summed E-state index contributed by atoms with van der Waals surface area (Å²) in [6, 6.07) is 10.3. The third kappa shape index (κ3) is 2.29. The standard InChI is InChI=1S/C17H23N3/c1-3-19-14-9-15-6-7-16(10-14)20(15)17-8-13(11-18)5-4-12(17)2/h4-5,8,14-16,19H,3,6-7,9-10H2,1-2H3. The first-order chi connectivity index (χ1) is 9.72. The minimum Gasteiger partial charge on any atom is -0.365 e. The first kappa shape index (κ1) is 13.5. The molecule has 0 aliphatic carbocycles. The summed E-state index contributed by atoms with van der Waals surface area (Å²) < 4.78 is 0. The summed E-state index contributed by atoms with van der Waals surface area (Å²) in [5.41, 5.74) is 3.35. The van der Waals surface area contributed by atoms with Crippen molar-refractivity contribution in [3.05, 3.63) is 29.3 Å². The van der Waals surface area contributed by atoms with Crippen molar-refractivity contribution in [3.63, 3.8) is 0 Å². The normalized spacial score (nSPS) is 28.4. The molecule has 2 aliphatic rings. The van der Waals surface area contributed by atoms with Crippen LogP contribution in [-0.4, -0.2) is 24.7 Å². The highest BCUT2D eigenvalue weighted by atomic mass is 15.2. The Hall–Kier alpha value is -1.53. The number of hydrogen-bond acceptors (Lipinski definition) is 3. The van der Waals surface area contributed by atoms with Crippen molar-refractivity contribution in [1.29, 1.82) is 5.26 Å². The highest BCUT2D eigenvalue weighted by molar-refractivity contribution is 5.59. The lowest BCUT2D eigenvalue weighted by molar-refractivity contribution is 0.361. The van der Waals surface area contributed by atoms with Gasteiger partial charge in [0, 0.05) is 23.8 Å². The third-order valence-corrected chi connectivity index (χ3v) is 4.84. The molecule has 2 aliphatic heterocycles. The molecule has 3 rings (SSSR count). The van der Waals surface area contributed by atoms with Gasteiger partial charge in [-0.1, -0.05) is 13.0 Å². The Morgan fingerprint density at radius 2 is 2.00 bits per heavy atom. The Bertz CT molecular complexity index is 518. The van der Waals surface area contributed by atoms with E-state index in [2.05, 4.69) is 42.3 Å². The van der Waals surface area contributed by atoms with Crippen molar-refractivity contribution >= 4 is 5.69 Å². The highest BCUT2D eigenvalue weighted by Gasteiger charge is 2.40. The van der Waals surface area contributed by atoms with E-state index in [-0.39, 0.29) is 0 Å². The van der Waals surface area contributed by atoms with Crippen LogP contribution in [0.15, 0.2) is 18.2 Å². The summed E-state index contributed by atoms with van der Waals surface area (Å²) in [4.78, 5) is 2.60. The lowest BCUT2D eigenvalue weighted by Crippen LogP contribution is -2.49. The van der Waals surface area contributed by atoms with E-state index in [1.807, 2.05) is 6.07 Å². The summed E-state index contributed by atoms with van der Waals surface area (Å²) in [5.74, 6) is 0. The fraction of sp³-hybridized carbons (Fsp3) is 0.588. The summed E-state index contributed by atoms with van der Waals surface area (Å²) in [7, 11) is 0. The molecule has 0 amide bonds. The first-order valence-corrected chi connectivity index (χ1v) is 7.75. The predicted octanol–water partition coefficient (Wildman–Crippen LogP) is 2.98. The van der Waals surface area contributed by atoms with Gasteiger partial charge in [0.25, 0.3) is 0 Å². The van der Waals surface area contributed by atoms with Gasteiger partial charge in [-0.3, -0.25) is 0 Å². The van der Waals surface area contributed by atoms with Gasteiger partial charge >= 0.3 is 0 Å². The molecule has 2 fully saturated rings. The minimum absolute atomic E-state index is 0.644. The number of aryl methyl sites for hydroxylation is 1. The minimum atomic E-state index is 0.644. The monoisotopic (exact) mass is 269 g/mol. The fourth-order valence-electron chi connectivity index (χ4n) is 3.98. The molecule has 2 atom stereocenters. The molecular formula is C17H23N3. The Morgan fingerprint density at radius 1 is 1.30 bits per heavy atom. The van der Waals surface area contributed by atoms with Gasteiger partial charge in [-0.2, -0.15) is 5.26 Å². The Labute approximate surface area is 121 Å². The molecule has 2 bridgehead atoms. The zero-order chi connectivity index (χ0) is 14.1. The van der Waals surface area contributed by atoms with Crippen LogP contribution in [0.2, 0.25) is 0 Å². The van der Waals surface area contributed by atoms with Crippen molar-refractivity contribution in [2.24, 2.45) is 0 Å². The van der Waals surface area contributed by atoms with Gasteiger partial charge in [0.2, 0.25) is 0 Å². The number of nitrogens with one attached hydrogen (secondary N) is 1. The van der Waals surface area contributed by atoms with E-state index >= 15 is 0 Å². The quantitative estimate of drug-likeness (QED) is 0.917. The van der Waals surface area contributed by atoms with Gasteiger partial charge in [0.1, 0.15) is 0 Å². The molecule has 20 heavy (non-hydrogen) atoms. The molecule has 3 nitrogen and oxygen atoms in total. The van der Waals surface area contributed by atoms with Gasteiger partial charge < -0.3 is 10.2 Å².